The third-order valence-corrected chi connectivity index (χ3v) is 3.82. The Bertz CT molecular complexity index is 890. The van der Waals surface area contributed by atoms with E-state index in [1.165, 1.54) is 0 Å². The van der Waals surface area contributed by atoms with Gasteiger partial charge in [-0.1, -0.05) is 30.3 Å². The molecule has 2 N–H and O–H groups in total. The monoisotopic (exact) mass is 248 g/mol. The van der Waals surface area contributed by atoms with Crippen molar-refractivity contribution in [3.63, 3.8) is 0 Å². The van der Waals surface area contributed by atoms with Gasteiger partial charge in [-0.25, -0.2) is 0 Å². The van der Waals surface area contributed by atoms with Gasteiger partial charge < -0.3 is 10.2 Å². The number of benzene rings is 4. The fourth-order valence-electron chi connectivity index (χ4n) is 2.96. The molecule has 0 aromatic heterocycles. The van der Waals surface area contributed by atoms with E-state index >= 15 is 0 Å². The lowest BCUT2D eigenvalue weighted by atomic mass is 9.92. The van der Waals surface area contributed by atoms with Crippen molar-refractivity contribution in [3.8, 4) is 5.75 Å². The highest BCUT2D eigenvalue weighted by Gasteiger charge is 2.10. The van der Waals surface area contributed by atoms with E-state index in [4.69, 9.17) is 0 Å². The van der Waals surface area contributed by atoms with Gasteiger partial charge in [0.25, 0.3) is 0 Å². The molecule has 0 fully saturated rings. The van der Waals surface area contributed by atoms with Crippen molar-refractivity contribution in [1.82, 2.24) is 0 Å². The minimum atomic E-state index is 0.0434. The number of rotatable bonds is 1. The Morgan fingerprint density at radius 1 is 0.737 bits per heavy atom. The maximum Gasteiger partial charge on any atom is 0.123 e. The predicted octanol–water partition coefficient (Wildman–Crippen LogP) is 3.78. The molecule has 2 nitrogen and oxygen atoms in total. The smallest absolute Gasteiger partial charge is 0.123 e. The number of aliphatic hydroxyl groups excluding tert-OH is 1. The van der Waals surface area contributed by atoms with Gasteiger partial charge in [0.15, 0.2) is 0 Å². The van der Waals surface area contributed by atoms with Crippen LogP contribution < -0.4 is 0 Å². The van der Waals surface area contributed by atoms with E-state index in [1.54, 1.807) is 6.07 Å². The summed E-state index contributed by atoms with van der Waals surface area (Å²) in [5, 5.41) is 25.8. The van der Waals surface area contributed by atoms with Crippen molar-refractivity contribution in [3.05, 3.63) is 54.1 Å². The molecular formula is C17H12O2. The van der Waals surface area contributed by atoms with Gasteiger partial charge in [-0.05, 0) is 45.3 Å². The highest BCUT2D eigenvalue weighted by atomic mass is 16.3. The molecule has 0 aliphatic heterocycles. The lowest BCUT2D eigenvalue weighted by Crippen LogP contribution is -1.88. The molecule has 19 heavy (non-hydrogen) atoms. The van der Waals surface area contributed by atoms with Gasteiger partial charge in [0.05, 0.1) is 6.61 Å². The molecule has 0 amide bonds. The zero-order valence-electron chi connectivity index (χ0n) is 10.2. The van der Waals surface area contributed by atoms with Crippen molar-refractivity contribution in [2.75, 3.05) is 0 Å². The van der Waals surface area contributed by atoms with Crippen LogP contribution in [0.25, 0.3) is 32.3 Å². The normalized spacial score (nSPS) is 11.8. The summed E-state index contributed by atoms with van der Waals surface area (Å²) in [6, 6.07) is 15.8. The summed E-state index contributed by atoms with van der Waals surface area (Å²) in [5.74, 6) is 0.313. The van der Waals surface area contributed by atoms with Crippen molar-refractivity contribution >= 4 is 32.3 Å². The molecule has 4 rings (SSSR count). The van der Waals surface area contributed by atoms with Gasteiger partial charge in [0.2, 0.25) is 0 Å². The standard InChI is InChI=1S/C17H12O2/c18-9-10-7-12-2-1-11-4-6-15(19)14-5-3-13(8-10)16(12)17(11)14/h1-8,18-19H,9H2. The van der Waals surface area contributed by atoms with E-state index < -0.39 is 0 Å². The number of hydrogen-bond acceptors (Lipinski definition) is 2. The molecule has 0 spiro atoms. The Labute approximate surface area is 109 Å². The van der Waals surface area contributed by atoms with Gasteiger partial charge in [-0.15, -0.1) is 0 Å². The van der Waals surface area contributed by atoms with Crippen molar-refractivity contribution in [2.45, 2.75) is 6.61 Å². The highest BCUT2D eigenvalue weighted by molar-refractivity contribution is 6.24. The molecule has 0 atom stereocenters. The summed E-state index contributed by atoms with van der Waals surface area (Å²) in [6.07, 6.45) is 0. The van der Waals surface area contributed by atoms with Crippen LogP contribution in [0, 0.1) is 0 Å². The summed E-state index contributed by atoms with van der Waals surface area (Å²) in [7, 11) is 0. The fraction of sp³-hybridized carbons (Fsp3) is 0.0588. The quantitative estimate of drug-likeness (QED) is 0.503. The van der Waals surface area contributed by atoms with E-state index in [1.807, 2.05) is 30.3 Å². The number of aliphatic hydroxyl groups is 1. The van der Waals surface area contributed by atoms with Gasteiger partial charge >= 0.3 is 0 Å². The van der Waals surface area contributed by atoms with Crippen molar-refractivity contribution in [2.24, 2.45) is 0 Å². The summed E-state index contributed by atoms with van der Waals surface area (Å²) < 4.78 is 0. The Hall–Kier alpha value is -2.32. The molecule has 0 heterocycles. The third kappa shape index (κ3) is 1.35. The minimum Gasteiger partial charge on any atom is -0.507 e. The molecule has 4 aromatic carbocycles. The molecule has 0 unspecified atom stereocenters. The Kier molecular flexibility index (Phi) is 2.00. The number of phenols is 1. The first-order valence-electron chi connectivity index (χ1n) is 6.28. The average Bonchev–Trinajstić information content (AvgIpc) is 2.46. The summed E-state index contributed by atoms with van der Waals surface area (Å²) in [6.45, 7) is 0.0434. The van der Waals surface area contributed by atoms with Crippen molar-refractivity contribution in [1.29, 1.82) is 0 Å². The Morgan fingerprint density at radius 2 is 1.37 bits per heavy atom. The summed E-state index contributed by atoms with van der Waals surface area (Å²) in [4.78, 5) is 0. The Morgan fingerprint density at radius 3 is 2.11 bits per heavy atom. The second kappa shape index (κ2) is 3.59. The molecule has 0 saturated heterocycles. The van der Waals surface area contributed by atoms with Crippen molar-refractivity contribution < 1.29 is 10.2 Å². The summed E-state index contributed by atoms with van der Waals surface area (Å²) in [5.41, 5.74) is 0.912. The molecule has 0 bridgehead atoms. The van der Waals surface area contributed by atoms with Crippen LogP contribution in [0.3, 0.4) is 0 Å². The van der Waals surface area contributed by atoms with Crippen LogP contribution in [0.5, 0.6) is 5.75 Å². The van der Waals surface area contributed by atoms with Crippen LogP contribution in [0.2, 0.25) is 0 Å². The van der Waals surface area contributed by atoms with Gasteiger partial charge in [-0.3, -0.25) is 0 Å². The molecule has 2 heteroatoms. The summed E-state index contributed by atoms with van der Waals surface area (Å²) >= 11 is 0. The van der Waals surface area contributed by atoms with Crippen LogP contribution in [0.4, 0.5) is 0 Å². The zero-order valence-corrected chi connectivity index (χ0v) is 10.2. The molecule has 0 aliphatic carbocycles. The molecule has 0 radical (unpaired) electrons. The molecule has 0 saturated carbocycles. The minimum absolute atomic E-state index is 0.0434. The lowest BCUT2D eigenvalue weighted by Gasteiger charge is -2.12. The maximum atomic E-state index is 10.0. The largest absolute Gasteiger partial charge is 0.507 e. The van der Waals surface area contributed by atoms with E-state index in [-0.39, 0.29) is 6.61 Å². The van der Waals surface area contributed by atoms with Crippen LogP contribution in [0.15, 0.2) is 48.5 Å². The second-order valence-corrected chi connectivity index (χ2v) is 4.94. The number of phenolic OH excluding ortho intramolecular Hbond substituents is 1. The molecular weight excluding hydrogens is 236 g/mol. The zero-order chi connectivity index (χ0) is 13.0. The molecule has 92 valence electrons. The van der Waals surface area contributed by atoms with Gasteiger partial charge in [-0.2, -0.15) is 0 Å². The van der Waals surface area contributed by atoms with E-state index in [0.717, 1.165) is 37.9 Å². The van der Waals surface area contributed by atoms with Crippen LogP contribution >= 0.6 is 0 Å². The number of hydrogen-bond donors (Lipinski definition) is 2. The topological polar surface area (TPSA) is 40.5 Å². The predicted molar refractivity (Wildman–Crippen MR) is 77.7 cm³/mol. The first-order valence-corrected chi connectivity index (χ1v) is 6.28. The number of aromatic hydroxyl groups is 1. The third-order valence-electron chi connectivity index (χ3n) is 3.82. The van der Waals surface area contributed by atoms with E-state index in [0.29, 0.717) is 5.75 Å². The fourth-order valence-corrected chi connectivity index (χ4v) is 2.96. The second-order valence-electron chi connectivity index (χ2n) is 4.94. The van der Waals surface area contributed by atoms with Crippen LogP contribution in [-0.2, 0) is 6.61 Å². The van der Waals surface area contributed by atoms with E-state index in [9.17, 15) is 10.2 Å². The Balaban J connectivity index is 2.34. The van der Waals surface area contributed by atoms with E-state index in [2.05, 4.69) is 12.1 Å². The lowest BCUT2D eigenvalue weighted by molar-refractivity contribution is 0.282. The SMILES string of the molecule is OCc1cc2ccc3ccc(O)c4ccc(c1)c2c34. The molecule has 0 aliphatic rings. The average molecular weight is 248 g/mol. The molecule has 4 aromatic rings. The first kappa shape index (κ1) is 10.6. The first-order chi connectivity index (χ1) is 9.28. The van der Waals surface area contributed by atoms with Gasteiger partial charge in [0.1, 0.15) is 5.75 Å². The van der Waals surface area contributed by atoms with Gasteiger partial charge in [0, 0.05) is 10.8 Å². The maximum absolute atomic E-state index is 10.0. The highest BCUT2D eigenvalue weighted by Crippen LogP contribution is 2.38. The van der Waals surface area contributed by atoms with Crippen LogP contribution in [0.1, 0.15) is 5.56 Å². The van der Waals surface area contributed by atoms with Crippen LogP contribution in [-0.4, -0.2) is 10.2 Å².